The monoisotopic (exact) mass is 392 g/mol. The summed E-state index contributed by atoms with van der Waals surface area (Å²) in [6, 6.07) is 13.6. The van der Waals surface area contributed by atoms with Crippen molar-refractivity contribution < 1.29 is 9.53 Å². The Morgan fingerprint density at radius 1 is 1.07 bits per heavy atom. The third-order valence-electron chi connectivity index (χ3n) is 4.96. The van der Waals surface area contributed by atoms with E-state index in [4.69, 9.17) is 4.74 Å². The van der Waals surface area contributed by atoms with E-state index >= 15 is 0 Å². The molecular formula is C21H24N6O2. The zero-order valence-electron chi connectivity index (χ0n) is 16.6. The third-order valence-corrected chi connectivity index (χ3v) is 4.96. The van der Waals surface area contributed by atoms with Crippen molar-refractivity contribution in [1.82, 2.24) is 25.3 Å². The van der Waals surface area contributed by atoms with Crippen molar-refractivity contribution in [2.45, 2.75) is 13.8 Å². The molecule has 1 aliphatic heterocycles. The lowest BCUT2D eigenvalue weighted by Crippen LogP contribution is -2.49. The van der Waals surface area contributed by atoms with Crippen molar-refractivity contribution in [2.75, 3.05) is 37.7 Å². The molecule has 1 amide bonds. The average Bonchev–Trinajstić information content (AvgIpc) is 3.25. The number of amides is 1. The number of H-pyrrole nitrogens is 1. The van der Waals surface area contributed by atoms with Gasteiger partial charge >= 0.3 is 0 Å². The van der Waals surface area contributed by atoms with Gasteiger partial charge in [0.25, 0.3) is 5.91 Å². The van der Waals surface area contributed by atoms with E-state index in [0.717, 1.165) is 17.1 Å². The Bertz CT molecular complexity index is 960. The Hall–Kier alpha value is -3.42. The van der Waals surface area contributed by atoms with Crippen LogP contribution in [-0.4, -0.2) is 64.0 Å². The highest BCUT2D eigenvalue weighted by molar-refractivity contribution is 5.93. The molecule has 0 bridgehead atoms. The number of carbonyl (C=O) groups is 1. The van der Waals surface area contributed by atoms with Gasteiger partial charge in [-0.3, -0.25) is 9.89 Å². The predicted octanol–water partition coefficient (Wildman–Crippen LogP) is 2.54. The van der Waals surface area contributed by atoms with Crippen LogP contribution in [0.25, 0.3) is 11.3 Å². The summed E-state index contributed by atoms with van der Waals surface area (Å²) in [5, 5.41) is 15.5. The summed E-state index contributed by atoms with van der Waals surface area (Å²) in [5.41, 5.74) is 3.46. The lowest BCUT2D eigenvalue weighted by atomic mass is 10.1. The van der Waals surface area contributed by atoms with Crippen LogP contribution >= 0.6 is 0 Å². The summed E-state index contributed by atoms with van der Waals surface area (Å²) in [5.74, 6) is 1.28. The van der Waals surface area contributed by atoms with Crippen molar-refractivity contribution in [2.24, 2.45) is 0 Å². The molecular weight excluding hydrogens is 368 g/mol. The second kappa shape index (κ2) is 8.30. The van der Waals surface area contributed by atoms with Crippen molar-refractivity contribution in [3.05, 3.63) is 53.7 Å². The lowest BCUT2D eigenvalue weighted by Gasteiger charge is -2.34. The van der Waals surface area contributed by atoms with Crippen LogP contribution in [0.5, 0.6) is 5.88 Å². The fraction of sp³-hybridized carbons (Fsp3) is 0.333. The van der Waals surface area contributed by atoms with E-state index < -0.39 is 0 Å². The van der Waals surface area contributed by atoms with E-state index in [1.165, 1.54) is 5.56 Å². The molecule has 3 heterocycles. The molecule has 29 heavy (non-hydrogen) atoms. The van der Waals surface area contributed by atoms with Gasteiger partial charge in [0.15, 0.2) is 5.82 Å². The van der Waals surface area contributed by atoms with Crippen LogP contribution in [0.1, 0.15) is 23.0 Å². The zero-order chi connectivity index (χ0) is 20.2. The summed E-state index contributed by atoms with van der Waals surface area (Å²) in [6.07, 6.45) is 0. The average molecular weight is 392 g/mol. The molecule has 4 rings (SSSR count). The molecule has 1 aromatic carbocycles. The van der Waals surface area contributed by atoms with Crippen molar-refractivity contribution in [1.29, 1.82) is 0 Å². The Balaban J connectivity index is 1.37. The number of hydrogen-bond acceptors (Lipinski definition) is 6. The van der Waals surface area contributed by atoms with Gasteiger partial charge in [-0.2, -0.15) is 5.10 Å². The maximum Gasteiger partial charge on any atom is 0.272 e. The van der Waals surface area contributed by atoms with Gasteiger partial charge in [-0.25, -0.2) is 0 Å². The lowest BCUT2D eigenvalue weighted by molar-refractivity contribution is 0.0740. The van der Waals surface area contributed by atoms with E-state index in [-0.39, 0.29) is 5.91 Å². The number of aromatic amines is 1. The molecule has 1 fully saturated rings. The van der Waals surface area contributed by atoms with E-state index in [1.54, 1.807) is 0 Å². The summed E-state index contributed by atoms with van der Waals surface area (Å²) >= 11 is 0. The number of piperazine rings is 1. The minimum atomic E-state index is -0.0340. The highest BCUT2D eigenvalue weighted by Crippen LogP contribution is 2.20. The SMILES string of the molecule is CCOc1ccc(N2CCN(C(=O)c3cc(-c4ccc(C)cc4)n[nH]3)CC2)nn1. The molecule has 0 atom stereocenters. The van der Waals surface area contributed by atoms with Crippen LogP contribution in [0.15, 0.2) is 42.5 Å². The number of anilines is 1. The van der Waals surface area contributed by atoms with Gasteiger partial charge in [-0.15, -0.1) is 10.2 Å². The maximum atomic E-state index is 12.8. The minimum Gasteiger partial charge on any atom is -0.477 e. The number of benzene rings is 1. The first-order chi connectivity index (χ1) is 14.1. The molecule has 1 N–H and O–H groups in total. The van der Waals surface area contributed by atoms with E-state index in [9.17, 15) is 4.79 Å². The Morgan fingerprint density at radius 2 is 1.83 bits per heavy atom. The summed E-state index contributed by atoms with van der Waals surface area (Å²) in [6.45, 7) is 7.16. The van der Waals surface area contributed by atoms with E-state index in [0.29, 0.717) is 44.4 Å². The van der Waals surface area contributed by atoms with Crippen molar-refractivity contribution in [3.8, 4) is 17.1 Å². The molecule has 2 aromatic heterocycles. The number of nitrogens with zero attached hydrogens (tertiary/aromatic N) is 5. The summed E-state index contributed by atoms with van der Waals surface area (Å²) in [4.78, 5) is 16.8. The molecule has 1 aliphatic rings. The topological polar surface area (TPSA) is 87.2 Å². The van der Waals surface area contributed by atoms with Gasteiger partial charge in [-0.1, -0.05) is 29.8 Å². The Kier molecular flexibility index (Phi) is 5.41. The van der Waals surface area contributed by atoms with Gasteiger partial charge in [0.1, 0.15) is 5.69 Å². The number of carbonyl (C=O) groups excluding carboxylic acids is 1. The Labute approximate surface area is 169 Å². The first-order valence-electron chi connectivity index (χ1n) is 9.77. The van der Waals surface area contributed by atoms with Crippen LogP contribution in [-0.2, 0) is 0 Å². The quantitative estimate of drug-likeness (QED) is 0.718. The van der Waals surface area contributed by atoms with Gasteiger partial charge in [0.05, 0.1) is 12.3 Å². The fourth-order valence-corrected chi connectivity index (χ4v) is 3.32. The molecule has 0 spiro atoms. The number of hydrogen-bond donors (Lipinski definition) is 1. The molecule has 8 nitrogen and oxygen atoms in total. The van der Waals surface area contributed by atoms with Crippen LogP contribution < -0.4 is 9.64 Å². The van der Waals surface area contributed by atoms with Crippen LogP contribution in [0.2, 0.25) is 0 Å². The Morgan fingerprint density at radius 3 is 2.48 bits per heavy atom. The zero-order valence-corrected chi connectivity index (χ0v) is 16.6. The molecule has 8 heteroatoms. The van der Waals surface area contributed by atoms with Crippen molar-refractivity contribution >= 4 is 11.7 Å². The van der Waals surface area contributed by atoms with Crippen LogP contribution in [0.4, 0.5) is 5.82 Å². The highest BCUT2D eigenvalue weighted by atomic mass is 16.5. The smallest absolute Gasteiger partial charge is 0.272 e. The molecule has 0 saturated carbocycles. The van der Waals surface area contributed by atoms with Gasteiger partial charge < -0.3 is 14.5 Å². The normalized spacial score (nSPS) is 14.1. The first-order valence-corrected chi connectivity index (χ1v) is 9.77. The van der Waals surface area contributed by atoms with E-state index in [2.05, 4.69) is 25.3 Å². The molecule has 3 aromatic rings. The number of aromatic nitrogens is 4. The molecule has 0 radical (unpaired) electrons. The van der Waals surface area contributed by atoms with Crippen LogP contribution in [0, 0.1) is 6.92 Å². The highest BCUT2D eigenvalue weighted by Gasteiger charge is 2.24. The molecule has 1 saturated heterocycles. The van der Waals surface area contributed by atoms with Crippen LogP contribution in [0.3, 0.4) is 0 Å². The maximum absolute atomic E-state index is 12.8. The number of nitrogens with one attached hydrogen (secondary N) is 1. The van der Waals surface area contributed by atoms with Gasteiger partial charge in [0, 0.05) is 37.8 Å². The fourth-order valence-electron chi connectivity index (χ4n) is 3.32. The predicted molar refractivity (Wildman–Crippen MR) is 110 cm³/mol. The molecule has 0 unspecified atom stereocenters. The van der Waals surface area contributed by atoms with Crippen molar-refractivity contribution in [3.63, 3.8) is 0 Å². The van der Waals surface area contributed by atoms with Gasteiger partial charge in [-0.05, 0) is 26.0 Å². The first kappa shape index (κ1) is 18.9. The number of aryl methyl sites for hydroxylation is 1. The standard InChI is InChI=1S/C21H24N6O2/c1-3-29-20-9-8-19(24-25-20)26-10-12-27(13-11-26)21(28)18-14-17(22-23-18)16-6-4-15(2)5-7-16/h4-9,14H,3,10-13H2,1-2H3,(H,22,23). The second-order valence-corrected chi connectivity index (χ2v) is 6.97. The number of rotatable bonds is 5. The largest absolute Gasteiger partial charge is 0.477 e. The third kappa shape index (κ3) is 4.21. The second-order valence-electron chi connectivity index (χ2n) is 6.97. The van der Waals surface area contributed by atoms with Gasteiger partial charge in [0.2, 0.25) is 5.88 Å². The minimum absolute atomic E-state index is 0.0340. The molecule has 0 aliphatic carbocycles. The summed E-state index contributed by atoms with van der Waals surface area (Å²) < 4.78 is 5.33. The summed E-state index contributed by atoms with van der Waals surface area (Å²) in [7, 11) is 0. The molecule has 150 valence electrons. The number of ether oxygens (including phenoxy) is 1. The van der Waals surface area contributed by atoms with E-state index in [1.807, 2.05) is 61.2 Å².